The normalized spacial score (nSPS) is 13.1. The van der Waals surface area contributed by atoms with Crippen LogP contribution < -0.4 is 12.4 Å². The lowest BCUT2D eigenvalue weighted by Crippen LogP contribution is -3.00. The second-order valence-electron chi connectivity index (χ2n) is 6.38. The van der Waals surface area contributed by atoms with Crippen LogP contribution in [-0.4, -0.2) is 48.5 Å². The zero-order chi connectivity index (χ0) is 15.2. The molecule has 0 fully saturated rings. The summed E-state index contributed by atoms with van der Waals surface area (Å²) in [5, 5.41) is 10.1. The highest BCUT2D eigenvalue weighted by Crippen LogP contribution is 2.12. The first-order valence-electron chi connectivity index (χ1n) is 6.90. The van der Waals surface area contributed by atoms with Gasteiger partial charge in [0.2, 0.25) is 0 Å². The van der Waals surface area contributed by atoms with Crippen molar-refractivity contribution in [3.05, 3.63) is 35.9 Å². The molecule has 21 heavy (non-hydrogen) atoms. The number of ether oxygens (including phenoxy) is 1. The van der Waals surface area contributed by atoms with Crippen LogP contribution in [0.3, 0.4) is 0 Å². The molecule has 0 aliphatic rings. The lowest BCUT2D eigenvalue weighted by atomic mass is 10.1. The van der Waals surface area contributed by atoms with Crippen molar-refractivity contribution in [3.8, 4) is 12.3 Å². The molecule has 0 saturated carbocycles. The smallest absolute Gasteiger partial charge is 0.126 e. The zero-order valence-corrected chi connectivity index (χ0v) is 14.1. The third kappa shape index (κ3) is 8.08. The first-order chi connectivity index (χ1) is 9.24. The molecule has 1 N–H and O–H groups in total. The van der Waals surface area contributed by atoms with Crippen molar-refractivity contribution in [3.63, 3.8) is 0 Å². The molecular weight excluding hydrogens is 286 g/mol. The molecule has 0 radical (unpaired) electrons. The van der Waals surface area contributed by atoms with Gasteiger partial charge >= 0.3 is 0 Å². The van der Waals surface area contributed by atoms with E-state index in [1.54, 1.807) is 0 Å². The number of hydrogen-bond acceptors (Lipinski definition) is 2. The molecule has 0 aliphatic heterocycles. The second-order valence-corrected chi connectivity index (χ2v) is 6.38. The van der Waals surface area contributed by atoms with Crippen LogP contribution in [0.2, 0.25) is 0 Å². The number of aliphatic hydroxyl groups excluding tert-OH is 1. The number of rotatable bonds is 7. The molecule has 0 spiro atoms. The highest BCUT2D eigenvalue weighted by molar-refractivity contribution is 5.13. The summed E-state index contributed by atoms with van der Waals surface area (Å²) in [5.41, 5.74) is 0.631. The number of halogens is 1. The van der Waals surface area contributed by atoms with Crippen molar-refractivity contribution >= 4 is 0 Å². The monoisotopic (exact) mass is 311 g/mol. The van der Waals surface area contributed by atoms with Gasteiger partial charge in [-0.3, -0.25) is 0 Å². The molecule has 3 nitrogen and oxygen atoms in total. The molecule has 1 aromatic rings. The maximum Gasteiger partial charge on any atom is 0.126 e. The van der Waals surface area contributed by atoms with E-state index >= 15 is 0 Å². The fourth-order valence-electron chi connectivity index (χ4n) is 2.11. The molecule has 1 rings (SSSR count). The van der Waals surface area contributed by atoms with Gasteiger partial charge in [-0.05, 0) is 13.8 Å². The van der Waals surface area contributed by atoms with E-state index in [4.69, 9.17) is 11.2 Å². The van der Waals surface area contributed by atoms with Crippen molar-refractivity contribution in [2.75, 3.05) is 27.2 Å². The van der Waals surface area contributed by atoms with Gasteiger partial charge in [0.25, 0.3) is 0 Å². The molecular formula is C17H26ClNO2. The van der Waals surface area contributed by atoms with E-state index in [-0.39, 0.29) is 19.0 Å². The Hall–Kier alpha value is -1.05. The summed E-state index contributed by atoms with van der Waals surface area (Å²) in [6, 6.07) is 10.3. The summed E-state index contributed by atoms with van der Waals surface area (Å²) < 4.78 is 6.24. The van der Waals surface area contributed by atoms with E-state index < -0.39 is 11.7 Å². The highest BCUT2D eigenvalue weighted by atomic mass is 35.5. The van der Waals surface area contributed by atoms with E-state index in [0.717, 1.165) is 6.54 Å². The summed E-state index contributed by atoms with van der Waals surface area (Å²) in [5.74, 6) is 2.56. The Morgan fingerprint density at radius 3 is 2.38 bits per heavy atom. The third-order valence-electron chi connectivity index (χ3n) is 3.14. The predicted octanol–water partition coefficient (Wildman–Crippen LogP) is -0.944. The van der Waals surface area contributed by atoms with Crippen LogP contribution in [-0.2, 0) is 11.3 Å². The van der Waals surface area contributed by atoms with Gasteiger partial charge in [-0.25, -0.2) is 0 Å². The SMILES string of the molecule is C#CC(C)(C)OCC(O)C[N+](C)(C)Cc1ccccc1.[Cl-]. The molecule has 0 amide bonds. The Labute approximate surface area is 134 Å². The van der Waals surface area contributed by atoms with E-state index in [1.807, 2.05) is 32.0 Å². The molecule has 0 heterocycles. The molecule has 1 unspecified atom stereocenters. The van der Waals surface area contributed by atoms with Crippen molar-refractivity contribution in [1.82, 2.24) is 0 Å². The number of benzene rings is 1. The van der Waals surface area contributed by atoms with Gasteiger partial charge in [0.05, 0.1) is 20.7 Å². The van der Waals surface area contributed by atoms with Gasteiger partial charge in [0.15, 0.2) is 0 Å². The van der Waals surface area contributed by atoms with Crippen molar-refractivity contribution in [2.45, 2.75) is 32.1 Å². The van der Waals surface area contributed by atoms with Crippen molar-refractivity contribution in [2.24, 2.45) is 0 Å². The quantitative estimate of drug-likeness (QED) is 0.520. The first kappa shape index (κ1) is 19.9. The predicted molar refractivity (Wildman–Crippen MR) is 82.0 cm³/mol. The van der Waals surface area contributed by atoms with Crippen LogP contribution in [0.4, 0.5) is 0 Å². The van der Waals surface area contributed by atoms with Crippen LogP contribution in [0.5, 0.6) is 0 Å². The van der Waals surface area contributed by atoms with E-state index in [1.165, 1.54) is 5.56 Å². The molecule has 4 heteroatoms. The van der Waals surface area contributed by atoms with Gasteiger partial charge in [-0.15, -0.1) is 6.42 Å². The summed E-state index contributed by atoms with van der Waals surface area (Å²) in [6.45, 7) is 5.40. The Morgan fingerprint density at radius 2 is 1.86 bits per heavy atom. The molecule has 1 aromatic carbocycles. The average Bonchev–Trinajstić information content (AvgIpc) is 2.36. The van der Waals surface area contributed by atoms with Crippen LogP contribution in [0.25, 0.3) is 0 Å². The lowest BCUT2D eigenvalue weighted by Gasteiger charge is -2.32. The van der Waals surface area contributed by atoms with Gasteiger partial charge in [0, 0.05) is 5.56 Å². The average molecular weight is 312 g/mol. The summed E-state index contributed by atoms with van der Waals surface area (Å²) in [6.07, 6.45) is 4.83. The zero-order valence-electron chi connectivity index (χ0n) is 13.3. The van der Waals surface area contributed by atoms with Crippen LogP contribution >= 0.6 is 0 Å². The topological polar surface area (TPSA) is 29.5 Å². The number of aliphatic hydroxyl groups is 1. The minimum atomic E-state index is -0.627. The van der Waals surface area contributed by atoms with Crippen molar-refractivity contribution in [1.29, 1.82) is 0 Å². The third-order valence-corrected chi connectivity index (χ3v) is 3.14. The molecule has 0 aliphatic carbocycles. The number of quaternary nitrogens is 1. The lowest BCUT2D eigenvalue weighted by molar-refractivity contribution is -0.906. The molecule has 1 atom stereocenters. The summed E-state index contributed by atoms with van der Waals surface area (Å²) >= 11 is 0. The van der Waals surface area contributed by atoms with Crippen LogP contribution in [0.15, 0.2) is 30.3 Å². The van der Waals surface area contributed by atoms with E-state index in [9.17, 15) is 5.11 Å². The number of likely N-dealkylation sites (N-methyl/N-ethyl adjacent to an activating group) is 1. The van der Waals surface area contributed by atoms with Gasteiger partial charge < -0.3 is 26.7 Å². The molecule has 0 aromatic heterocycles. The van der Waals surface area contributed by atoms with E-state index in [0.29, 0.717) is 11.0 Å². The Balaban J connectivity index is 0.00000400. The number of terminal acetylenes is 1. The maximum absolute atomic E-state index is 10.1. The second kappa shape index (κ2) is 8.41. The van der Waals surface area contributed by atoms with Crippen LogP contribution in [0.1, 0.15) is 19.4 Å². The van der Waals surface area contributed by atoms with Gasteiger partial charge in [-0.1, -0.05) is 36.3 Å². The van der Waals surface area contributed by atoms with Crippen LogP contribution in [0, 0.1) is 12.3 Å². The summed E-state index contributed by atoms with van der Waals surface area (Å²) in [4.78, 5) is 0. The standard InChI is InChI=1S/C17H26NO2.ClH/c1-6-17(2,3)20-14-16(19)13-18(4,5)12-15-10-8-7-9-11-15;/h1,7-11,16,19H,12-14H2,2-5H3;1H/q+1;/p-1. The molecule has 0 saturated heterocycles. The first-order valence-corrected chi connectivity index (χ1v) is 6.90. The van der Waals surface area contributed by atoms with Crippen molar-refractivity contribution < 1.29 is 26.7 Å². The minimum Gasteiger partial charge on any atom is -1.00 e. The minimum absolute atomic E-state index is 0. The Bertz CT molecular complexity index is 452. The fraction of sp³-hybridized carbons (Fsp3) is 0.529. The number of nitrogens with zero attached hydrogens (tertiary/aromatic N) is 1. The Morgan fingerprint density at radius 1 is 1.29 bits per heavy atom. The summed E-state index contributed by atoms with van der Waals surface area (Å²) in [7, 11) is 4.20. The maximum atomic E-state index is 10.1. The van der Waals surface area contributed by atoms with Gasteiger partial charge in [0.1, 0.15) is 24.8 Å². The molecule has 118 valence electrons. The number of hydrogen-bond donors (Lipinski definition) is 1. The fourth-order valence-corrected chi connectivity index (χ4v) is 2.11. The highest BCUT2D eigenvalue weighted by Gasteiger charge is 2.23. The largest absolute Gasteiger partial charge is 1.00 e. The molecule has 0 bridgehead atoms. The van der Waals surface area contributed by atoms with E-state index in [2.05, 4.69) is 32.1 Å². The Kier molecular flexibility index (Phi) is 7.99. The van der Waals surface area contributed by atoms with Gasteiger partial charge in [-0.2, -0.15) is 0 Å².